The average molecular weight is 212 g/mol. The molecule has 2 heterocycles. The van der Waals surface area contributed by atoms with E-state index in [1.165, 1.54) is 0 Å². The lowest BCUT2D eigenvalue weighted by molar-refractivity contribution is -0.146. The lowest BCUT2D eigenvalue weighted by atomic mass is 9.82. The molecule has 3 nitrogen and oxygen atoms in total. The van der Waals surface area contributed by atoms with Crippen LogP contribution in [0.3, 0.4) is 0 Å². The van der Waals surface area contributed by atoms with Crippen LogP contribution in [0.15, 0.2) is 0 Å². The van der Waals surface area contributed by atoms with Crippen molar-refractivity contribution in [2.75, 3.05) is 6.61 Å². The molecule has 0 bridgehead atoms. The van der Waals surface area contributed by atoms with E-state index in [1.807, 2.05) is 0 Å². The summed E-state index contributed by atoms with van der Waals surface area (Å²) in [4.78, 5) is 11.5. The number of esters is 1. The van der Waals surface area contributed by atoms with Crippen LogP contribution in [-0.2, 0) is 14.3 Å². The first-order chi connectivity index (χ1) is 7.03. The fourth-order valence-electron chi connectivity index (χ4n) is 2.38. The number of carbonyl (C=O) groups is 1. The predicted octanol–water partition coefficient (Wildman–Crippen LogP) is 2.14. The summed E-state index contributed by atoms with van der Waals surface area (Å²) >= 11 is 0. The molecule has 3 atom stereocenters. The second-order valence-electron chi connectivity index (χ2n) is 5.43. The molecule has 2 aliphatic rings. The van der Waals surface area contributed by atoms with Gasteiger partial charge in [-0.25, -0.2) is 0 Å². The number of hydrogen-bond donors (Lipinski definition) is 0. The molecule has 0 radical (unpaired) electrons. The van der Waals surface area contributed by atoms with Gasteiger partial charge >= 0.3 is 5.97 Å². The number of carbonyl (C=O) groups excluding carboxylic acids is 1. The van der Waals surface area contributed by atoms with Crippen LogP contribution in [0, 0.1) is 11.3 Å². The van der Waals surface area contributed by atoms with Gasteiger partial charge in [0, 0.05) is 6.61 Å². The second kappa shape index (κ2) is 3.78. The maximum atomic E-state index is 11.5. The molecule has 2 aliphatic heterocycles. The van der Waals surface area contributed by atoms with Gasteiger partial charge in [0.1, 0.15) is 12.2 Å². The van der Waals surface area contributed by atoms with Crippen molar-refractivity contribution in [2.45, 2.75) is 52.2 Å². The van der Waals surface area contributed by atoms with Crippen LogP contribution in [0.4, 0.5) is 0 Å². The Hall–Kier alpha value is -0.570. The van der Waals surface area contributed by atoms with Gasteiger partial charge in [-0.1, -0.05) is 27.2 Å². The quantitative estimate of drug-likeness (QED) is 0.672. The summed E-state index contributed by atoms with van der Waals surface area (Å²) < 4.78 is 11.0. The normalized spacial score (nSPS) is 35.4. The maximum absolute atomic E-state index is 11.5. The fourth-order valence-corrected chi connectivity index (χ4v) is 2.38. The lowest BCUT2D eigenvalue weighted by Crippen LogP contribution is -2.29. The molecule has 0 aliphatic carbocycles. The summed E-state index contributed by atoms with van der Waals surface area (Å²) in [5.41, 5.74) is 0.228. The van der Waals surface area contributed by atoms with Crippen LogP contribution in [0.2, 0.25) is 0 Å². The standard InChI is InChI=1S/C12H20O3/c1-4-12(2,3)7-9-10-8(5-6-14-10)11(13)15-9/h8-10H,4-7H2,1-3H3. The van der Waals surface area contributed by atoms with Crippen LogP contribution in [0.25, 0.3) is 0 Å². The third kappa shape index (κ3) is 2.03. The topological polar surface area (TPSA) is 35.5 Å². The minimum Gasteiger partial charge on any atom is -0.459 e. The van der Waals surface area contributed by atoms with Gasteiger partial charge in [-0.3, -0.25) is 4.79 Å². The molecule has 0 spiro atoms. The van der Waals surface area contributed by atoms with Gasteiger partial charge in [-0.15, -0.1) is 0 Å². The SMILES string of the molecule is CCC(C)(C)CC1OC(=O)C2CCOC12. The van der Waals surface area contributed by atoms with E-state index in [2.05, 4.69) is 20.8 Å². The van der Waals surface area contributed by atoms with Gasteiger partial charge in [0.25, 0.3) is 0 Å². The van der Waals surface area contributed by atoms with E-state index in [-0.39, 0.29) is 29.5 Å². The van der Waals surface area contributed by atoms with Gasteiger partial charge in [-0.2, -0.15) is 0 Å². The first-order valence-corrected chi connectivity index (χ1v) is 5.85. The highest BCUT2D eigenvalue weighted by atomic mass is 16.6. The molecule has 2 rings (SSSR count). The minimum absolute atomic E-state index is 0.0139. The Morgan fingerprint density at radius 1 is 1.47 bits per heavy atom. The Bertz CT molecular complexity index is 260. The summed E-state index contributed by atoms with van der Waals surface area (Å²) in [7, 11) is 0. The molecule has 0 saturated carbocycles. The zero-order valence-corrected chi connectivity index (χ0v) is 9.79. The van der Waals surface area contributed by atoms with E-state index in [9.17, 15) is 4.79 Å². The highest BCUT2D eigenvalue weighted by Crippen LogP contribution is 2.39. The first-order valence-electron chi connectivity index (χ1n) is 5.85. The lowest BCUT2D eigenvalue weighted by Gasteiger charge is -2.27. The summed E-state index contributed by atoms with van der Waals surface area (Å²) in [5, 5.41) is 0. The highest BCUT2D eigenvalue weighted by molar-refractivity contribution is 5.76. The number of rotatable bonds is 3. The molecule has 0 N–H and O–H groups in total. The largest absolute Gasteiger partial charge is 0.459 e. The number of fused-ring (bicyclic) bond motifs is 1. The number of cyclic esters (lactones) is 1. The smallest absolute Gasteiger partial charge is 0.312 e. The third-order valence-electron chi connectivity index (χ3n) is 3.78. The molecular weight excluding hydrogens is 192 g/mol. The summed E-state index contributed by atoms with van der Waals surface area (Å²) in [5.74, 6) is -0.0305. The summed E-state index contributed by atoms with van der Waals surface area (Å²) in [6.45, 7) is 7.31. The van der Waals surface area contributed by atoms with E-state index in [4.69, 9.17) is 9.47 Å². The van der Waals surface area contributed by atoms with Crippen LogP contribution in [-0.4, -0.2) is 24.8 Å². The zero-order valence-electron chi connectivity index (χ0n) is 9.79. The van der Waals surface area contributed by atoms with E-state index in [0.717, 1.165) is 19.3 Å². The molecule has 0 aromatic carbocycles. The van der Waals surface area contributed by atoms with E-state index < -0.39 is 0 Å². The van der Waals surface area contributed by atoms with Gasteiger partial charge in [0.2, 0.25) is 0 Å². The van der Waals surface area contributed by atoms with E-state index in [1.54, 1.807) is 0 Å². The van der Waals surface area contributed by atoms with Gasteiger partial charge in [-0.05, 0) is 18.3 Å². The maximum Gasteiger partial charge on any atom is 0.312 e. The third-order valence-corrected chi connectivity index (χ3v) is 3.78. The number of ether oxygens (including phenoxy) is 2. The van der Waals surface area contributed by atoms with Crippen molar-refractivity contribution in [3.05, 3.63) is 0 Å². The molecule has 0 aromatic rings. The van der Waals surface area contributed by atoms with Crippen molar-refractivity contribution in [2.24, 2.45) is 11.3 Å². The molecule has 3 heteroatoms. The molecule has 0 aromatic heterocycles. The van der Waals surface area contributed by atoms with Gasteiger partial charge < -0.3 is 9.47 Å². The molecule has 15 heavy (non-hydrogen) atoms. The van der Waals surface area contributed by atoms with Crippen LogP contribution >= 0.6 is 0 Å². The van der Waals surface area contributed by atoms with Crippen molar-refractivity contribution < 1.29 is 14.3 Å². The minimum atomic E-state index is -0.0468. The highest BCUT2D eigenvalue weighted by Gasteiger charge is 2.49. The van der Waals surface area contributed by atoms with E-state index >= 15 is 0 Å². The van der Waals surface area contributed by atoms with Crippen molar-refractivity contribution >= 4 is 5.97 Å². The molecule has 86 valence electrons. The van der Waals surface area contributed by atoms with Crippen molar-refractivity contribution in [1.29, 1.82) is 0 Å². The predicted molar refractivity (Wildman–Crippen MR) is 56.4 cm³/mol. The molecular formula is C12H20O3. The van der Waals surface area contributed by atoms with Crippen molar-refractivity contribution in [3.8, 4) is 0 Å². The molecule has 2 saturated heterocycles. The van der Waals surface area contributed by atoms with Gasteiger partial charge in [0.15, 0.2) is 0 Å². The average Bonchev–Trinajstić information content (AvgIpc) is 2.72. The number of hydrogen-bond acceptors (Lipinski definition) is 3. The Kier molecular flexibility index (Phi) is 2.75. The monoisotopic (exact) mass is 212 g/mol. The van der Waals surface area contributed by atoms with Crippen molar-refractivity contribution in [3.63, 3.8) is 0 Å². The summed E-state index contributed by atoms with van der Waals surface area (Å²) in [6.07, 6.45) is 2.87. The first kappa shape index (κ1) is 10.9. The Labute approximate surface area is 91.1 Å². The zero-order chi connectivity index (χ0) is 11.1. The van der Waals surface area contributed by atoms with Gasteiger partial charge in [0.05, 0.1) is 5.92 Å². The van der Waals surface area contributed by atoms with E-state index in [0.29, 0.717) is 6.61 Å². The molecule has 0 amide bonds. The molecule has 2 fully saturated rings. The second-order valence-corrected chi connectivity index (χ2v) is 5.43. The fraction of sp³-hybridized carbons (Fsp3) is 0.917. The Balaban J connectivity index is 2.02. The Morgan fingerprint density at radius 2 is 2.20 bits per heavy atom. The molecule has 3 unspecified atom stereocenters. The van der Waals surface area contributed by atoms with Crippen LogP contribution in [0.5, 0.6) is 0 Å². The van der Waals surface area contributed by atoms with Crippen LogP contribution < -0.4 is 0 Å². The Morgan fingerprint density at radius 3 is 2.87 bits per heavy atom. The van der Waals surface area contributed by atoms with Crippen molar-refractivity contribution in [1.82, 2.24) is 0 Å². The summed E-state index contributed by atoms with van der Waals surface area (Å²) in [6, 6.07) is 0. The van der Waals surface area contributed by atoms with Crippen LogP contribution in [0.1, 0.15) is 40.0 Å².